The van der Waals surface area contributed by atoms with Crippen LogP contribution in [0.15, 0.2) is 57.9 Å². The molecule has 3 rings (SSSR count). The maximum Gasteiger partial charge on any atom is 0.153 e. The summed E-state index contributed by atoms with van der Waals surface area (Å²) in [6.45, 7) is 0.688. The average molecular weight is 308 g/mol. The van der Waals surface area contributed by atoms with Gasteiger partial charge in [-0.25, -0.2) is 4.21 Å². The number of fused-ring (bicyclic) bond motifs is 1. The zero-order chi connectivity index (χ0) is 11.8. The summed E-state index contributed by atoms with van der Waals surface area (Å²) in [5.74, 6) is 0. The second-order valence-electron chi connectivity index (χ2n) is 3.84. The van der Waals surface area contributed by atoms with E-state index < -0.39 is 11.0 Å². The van der Waals surface area contributed by atoms with Gasteiger partial charge in [-0.2, -0.15) is 0 Å². The smallest absolute Gasteiger partial charge is 0.153 e. The molecule has 0 bridgehead atoms. The van der Waals surface area contributed by atoms with E-state index in [0.717, 1.165) is 20.6 Å². The van der Waals surface area contributed by atoms with Crippen molar-refractivity contribution >= 4 is 32.6 Å². The van der Waals surface area contributed by atoms with Crippen molar-refractivity contribution in [3.05, 3.63) is 58.6 Å². The van der Waals surface area contributed by atoms with Crippen LogP contribution in [-0.2, 0) is 17.5 Å². The van der Waals surface area contributed by atoms with Crippen LogP contribution < -0.4 is 4.31 Å². The minimum atomic E-state index is -1.09. The summed E-state index contributed by atoms with van der Waals surface area (Å²) >= 11 is 3.51. The van der Waals surface area contributed by atoms with Gasteiger partial charge in [-0.3, -0.25) is 4.31 Å². The van der Waals surface area contributed by atoms with E-state index in [1.165, 1.54) is 0 Å². The normalized spacial score (nSPS) is 18.2. The molecule has 0 saturated heterocycles. The van der Waals surface area contributed by atoms with Gasteiger partial charge in [0, 0.05) is 15.7 Å². The number of rotatable bonds is 1. The largest absolute Gasteiger partial charge is 0.283 e. The molecule has 2 aromatic rings. The third kappa shape index (κ3) is 1.81. The van der Waals surface area contributed by atoms with Gasteiger partial charge in [0.25, 0.3) is 0 Å². The Morgan fingerprint density at radius 2 is 1.82 bits per heavy atom. The Kier molecular flexibility index (Phi) is 2.76. The Morgan fingerprint density at radius 1 is 1.06 bits per heavy atom. The molecule has 0 radical (unpaired) electrons. The van der Waals surface area contributed by atoms with E-state index in [9.17, 15) is 4.21 Å². The molecule has 0 N–H and O–H groups in total. The van der Waals surface area contributed by atoms with Gasteiger partial charge >= 0.3 is 0 Å². The van der Waals surface area contributed by atoms with Gasteiger partial charge in [0.15, 0.2) is 11.0 Å². The summed E-state index contributed by atoms with van der Waals surface area (Å²) in [5.41, 5.74) is 2.11. The summed E-state index contributed by atoms with van der Waals surface area (Å²) in [5, 5.41) is 0. The van der Waals surface area contributed by atoms with E-state index in [-0.39, 0.29) is 0 Å². The average Bonchev–Trinajstić information content (AvgIpc) is 2.70. The predicted molar refractivity (Wildman–Crippen MR) is 73.2 cm³/mol. The molecule has 0 saturated carbocycles. The molecular formula is C13H10BrNOS. The number of hydrogen-bond donors (Lipinski definition) is 0. The molecule has 4 heteroatoms. The molecule has 0 aliphatic carbocycles. The number of benzene rings is 2. The Balaban J connectivity index is 2.05. The van der Waals surface area contributed by atoms with Crippen molar-refractivity contribution in [3.63, 3.8) is 0 Å². The first-order chi connectivity index (χ1) is 8.27. The molecule has 1 aliphatic rings. The highest BCUT2D eigenvalue weighted by molar-refractivity contribution is 9.10. The molecule has 0 aromatic heterocycles. The number of nitrogens with zero attached hydrogens (tertiary/aromatic N) is 1. The molecule has 1 heterocycles. The maximum absolute atomic E-state index is 12.4. The molecule has 0 fully saturated rings. The van der Waals surface area contributed by atoms with Crippen LogP contribution in [0.5, 0.6) is 0 Å². The van der Waals surface area contributed by atoms with E-state index in [1.807, 2.05) is 52.8 Å². The highest BCUT2D eigenvalue weighted by Gasteiger charge is 2.28. The van der Waals surface area contributed by atoms with E-state index in [4.69, 9.17) is 0 Å². The van der Waals surface area contributed by atoms with Gasteiger partial charge in [0.05, 0.1) is 11.4 Å². The third-order valence-electron chi connectivity index (χ3n) is 2.81. The van der Waals surface area contributed by atoms with Gasteiger partial charge in [0.1, 0.15) is 0 Å². The first-order valence-corrected chi connectivity index (χ1v) is 7.19. The van der Waals surface area contributed by atoms with Crippen molar-refractivity contribution in [1.82, 2.24) is 0 Å². The fourth-order valence-corrected chi connectivity index (χ4v) is 3.96. The molecule has 86 valence electrons. The Hall–Kier alpha value is -1.13. The van der Waals surface area contributed by atoms with E-state index in [2.05, 4.69) is 15.9 Å². The Bertz CT molecular complexity index is 585. The van der Waals surface area contributed by atoms with Crippen LogP contribution in [-0.4, -0.2) is 4.21 Å². The molecule has 1 aliphatic heterocycles. The molecule has 2 nitrogen and oxygen atoms in total. The summed E-state index contributed by atoms with van der Waals surface area (Å²) in [7, 11) is -1.09. The second kappa shape index (κ2) is 4.27. The minimum absolute atomic E-state index is 0.688. The fraction of sp³-hybridized carbons (Fsp3) is 0.0769. The zero-order valence-electron chi connectivity index (χ0n) is 8.97. The Labute approximate surface area is 111 Å². The first-order valence-electron chi connectivity index (χ1n) is 5.29. The number of para-hydroxylation sites is 1. The number of hydrogen-bond acceptors (Lipinski definition) is 1. The molecule has 1 atom stereocenters. The van der Waals surface area contributed by atoms with Crippen molar-refractivity contribution in [2.45, 2.75) is 11.4 Å². The summed E-state index contributed by atoms with van der Waals surface area (Å²) in [6.07, 6.45) is 0. The van der Waals surface area contributed by atoms with Crippen LogP contribution in [0, 0.1) is 0 Å². The Morgan fingerprint density at radius 3 is 2.53 bits per heavy atom. The summed E-state index contributed by atoms with van der Waals surface area (Å²) < 4.78 is 15.3. The second-order valence-corrected chi connectivity index (χ2v) is 6.07. The predicted octanol–water partition coefficient (Wildman–Crippen LogP) is 3.49. The SMILES string of the molecule is O=S1c2cccc(Br)c2CN1c1ccccc1. The van der Waals surface area contributed by atoms with Crippen molar-refractivity contribution in [2.75, 3.05) is 4.31 Å². The van der Waals surface area contributed by atoms with E-state index in [0.29, 0.717) is 6.54 Å². The topological polar surface area (TPSA) is 20.3 Å². The number of anilines is 1. The highest BCUT2D eigenvalue weighted by atomic mass is 79.9. The van der Waals surface area contributed by atoms with Crippen LogP contribution in [0.4, 0.5) is 5.69 Å². The first kappa shape index (κ1) is 11.0. The molecule has 1 unspecified atom stereocenters. The monoisotopic (exact) mass is 307 g/mol. The molecule has 0 amide bonds. The van der Waals surface area contributed by atoms with Crippen LogP contribution in [0.3, 0.4) is 0 Å². The van der Waals surface area contributed by atoms with E-state index >= 15 is 0 Å². The minimum Gasteiger partial charge on any atom is -0.283 e. The fourth-order valence-electron chi connectivity index (χ4n) is 1.96. The molecule has 2 aromatic carbocycles. The van der Waals surface area contributed by atoms with Crippen LogP contribution in [0.2, 0.25) is 0 Å². The molecule has 17 heavy (non-hydrogen) atoms. The number of halogens is 1. The van der Waals surface area contributed by atoms with Crippen molar-refractivity contribution in [1.29, 1.82) is 0 Å². The van der Waals surface area contributed by atoms with Gasteiger partial charge < -0.3 is 0 Å². The molecule has 0 spiro atoms. The van der Waals surface area contributed by atoms with Crippen molar-refractivity contribution in [2.24, 2.45) is 0 Å². The van der Waals surface area contributed by atoms with Crippen LogP contribution in [0.25, 0.3) is 0 Å². The van der Waals surface area contributed by atoms with Crippen LogP contribution in [0.1, 0.15) is 5.56 Å². The maximum atomic E-state index is 12.4. The van der Waals surface area contributed by atoms with Gasteiger partial charge in [-0.1, -0.05) is 40.2 Å². The van der Waals surface area contributed by atoms with Crippen LogP contribution >= 0.6 is 15.9 Å². The van der Waals surface area contributed by atoms with Gasteiger partial charge in [-0.05, 0) is 24.3 Å². The third-order valence-corrected chi connectivity index (χ3v) is 5.05. The molecular weight excluding hydrogens is 298 g/mol. The van der Waals surface area contributed by atoms with E-state index in [1.54, 1.807) is 0 Å². The van der Waals surface area contributed by atoms with Crippen molar-refractivity contribution in [3.8, 4) is 0 Å². The standard InChI is InChI=1S/C13H10BrNOS/c14-12-7-4-8-13-11(12)9-15(17(13)16)10-5-2-1-3-6-10/h1-8H,9H2. The lowest BCUT2D eigenvalue weighted by molar-refractivity contribution is 0.683. The van der Waals surface area contributed by atoms with Gasteiger partial charge in [-0.15, -0.1) is 0 Å². The van der Waals surface area contributed by atoms with Gasteiger partial charge in [0.2, 0.25) is 0 Å². The lowest BCUT2D eigenvalue weighted by Crippen LogP contribution is -2.17. The lowest BCUT2D eigenvalue weighted by Gasteiger charge is -2.15. The summed E-state index contributed by atoms with van der Waals surface area (Å²) in [4.78, 5) is 0.906. The zero-order valence-corrected chi connectivity index (χ0v) is 11.4. The quantitative estimate of drug-likeness (QED) is 0.790. The lowest BCUT2D eigenvalue weighted by atomic mass is 10.2. The highest BCUT2D eigenvalue weighted by Crippen LogP contribution is 2.35. The van der Waals surface area contributed by atoms with Crippen molar-refractivity contribution < 1.29 is 4.21 Å². The summed E-state index contributed by atoms with van der Waals surface area (Å²) in [6, 6.07) is 15.7.